The van der Waals surface area contributed by atoms with E-state index in [0.717, 1.165) is 10.4 Å². The van der Waals surface area contributed by atoms with E-state index in [0.29, 0.717) is 11.3 Å². The summed E-state index contributed by atoms with van der Waals surface area (Å²) >= 11 is 1.31. The summed E-state index contributed by atoms with van der Waals surface area (Å²) in [4.78, 5) is 24.4. The van der Waals surface area contributed by atoms with Crippen LogP contribution in [0.2, 0.25) is 0 Å². The van der Waals surface area contributed by atoms with Crippen molar-refractivity contribution in [2.75, 3.05) is 5.32 Å². The maximum absolute atomic E-state index is 12.2. The van der Waals surface area contributed by atoms with Gasteiger partial charge in [-0.1, -0.05) is 49.6 Å². The van der Waals surface area contributed by atoms with Crippen molar-refractivity contribution in [1.82, 2.24) is 3.96 Å². The van der Waals surface area contributed by atoms with E-state index in [9.17, 15) is 9.59 Å². The standard InChI is InChI=1S/C18H18N2O2S/c1-12(2)13-7-9-14(10-8-13)19-17(21)11-20-18(22)15-5-3-4-6-16(15)23-20/h3-10,12H,11H2,1-2H3,(H,19,21). The fourth-order valence-corrected chi connectivity index (χ4v) is 3.40. The first-order valence-corrected chi connectivity index (χ1v) is 8.30. The normalized spacial score (nSPS) is 11.1. The van der Waals surface area contributed by atoms with Gasteiger partial charge in [0.1, 0.15) is 6.54 Å². The second-order valence-corrected chi connectivity index (χ2v) is 6.82. The van der Waals surface area contributed by atoms with E-state index in [1.54, 1.807) is 6.07 Å². The van der Waals surface area contributed by atoms with Gasteiger partial charge in [-0.15, -0.1) is 0 Å². The zero-order valence-electron chi connectivity index (χ0n) is 13.1. The van der Waals surface area contributed by atoms with Gasteiger partial charge in [0.15, 0.2) is 0 Å². The molecule has 0 fully saturated rings. The first-order valence-electron chi connectivity index (χ1n) is 7.53. The number of benzene rings is 2. The average Bonchev–Trinajstić information content (AvgIpc) is 2.84. The molecule has 1 heterocycles. The summed E-state index contributed by atoms with van der Waals surface area (Å²) in [5, 5.41) is 3.49. The Morgan fingerprint density at radius 1 is 1.13 bits per heavy atom. The molecular weight excluding hydrogens is 308 g/mol. The van der Waals surface area contributed by atoms with Gasteiger partial charge in [0, 0.05) is 5.69 Å². The Kier molecular flexibility index (Phi) is 4.30. The van der Waals surface area contributed by atoms with Gasteiger partial charge in [-0.3, -0.25) is 13.5 Å². The van der Waals surface area contributed by atoms with E-state index in [4.69, 9.17) is 0 Å². The molecule has 0 saturated heterocycles. The number of nitrogens with zero attached hydrogens (tertiary/aromatic N) is 1. The Hall–Kier alpha value is -2.40. The van der Waals surface area contributed by atoms with Gasteiger partial charge in [-0.05, 0) is 35.7 Å². The summed E-state index contributed by atoms with van der Waals surface area (Å²) < 4.78 is 2.38. The zero-order chi connectivity index (χ0) is 16.4. The molecule has 2 aromatic carbocycles. The van der Waals surface area contributed by atoms with E-state index in [-0.39, 0.29) is 18.0 Å². The molecular formula is C18H18N2O2S. The Morgan fingerprint density at radius 3 is 2.48 bits per heavy atom. The summed E-state index contributed by atoms with van der Waals surface area (Å²) in [6, 6.07) is 15.2. The van der Waals surface area contributed by atoms with E-state index in [1.165, 1.54) is 21.1 Å². The molecule has 0 aliphatic heterocycles. The van der Waals surface area contributed by atoms with E-state index >= 15 is 0 Å². The van der Waals surface area contributed by atoms with Crippen molar-refractivity contribution in [3.05, 3.63) is 64.4 Å². The van der Waals surface area contributed by atoms with Crippen LogP contribution in [0.25, 0.3) is 10.1 Å². The number of carbonyl (C=O) groups excluding carboxylic acids is 1. The van der Waals surface area contributed by atoms with Crippen LogP contribution in [0.15, 0.2) is 53.3 Å². The van der Waals surface area contributed by atoms with Crippen LogP contribution in [0, 0.1) is 0 Å². The molecule has 0 aliphatic rings. The quantitative estimate of drug-likeness (QED) is 0.792. The molecule has 0 aliphatic carbocycles. The molecule has 3 aromatic rings. The molecule has 0 unspecified atom stereocenters. The maximum Gasteiger partial charge on any atom is 0.268 e. The Labute approximate surface area is 138 Å². The second kappa shape index (κ2) is 6.38. The van der Waals surface area contributed by atoms with Crippen molar-refractivity contribution >= 4 is 33.2 Å². The zero-order valence-corrected chi connectivity index (χ0v) is 13.9. The summed E-state index contributed by atoms with van der Waals surface area (Å²) in [5.74, 6) is 0.257. The molecule has 1 N–H and O–H groups in total. The Bertz CT molecular complexity index is 891. The molecule has 0 saturated carbocycles. The van der Waals surface area contributed by atoms with Crippen molar-refractivity contribution < 1.29 is 4.79 Å². The molecule has 5 heteroatoms. The fraction of sp³-hybridized carbons (Fsp3) is 0.222. The minimum Gasteiger partial charge on any atom is -0.325 e. The second-order valence-electron chi connectivity index (χ2n) is 5.75. The number of fused-ring (bicyclic) bond motifs is 1. The molecule has 1 aromatic heterocycles. The summed E-state index contributed by atoms with van der Waals surface area (Å²) in [6.07, 6.45) is 0. The van der Waals surface area contributed by atoms with Crippen molar-refractivity contribution in [3.63, 3.8) is 0 Å². The predicted molar refractivity (Wildman–Crippen MR) is 95.2 cm³/mol. The minimum absolute atomic E-state index is 0.0319. The van der Waals surface area contributed by atoms with Crippen LogP contribution in [0.4, 0.5) is 5.69 Å². The predicted octanol–water partition coefficient (Wildman–Crippen LogP) is 3.83. The maximum atomic E-state index is 12.2. The van der Waals surface area contributed by atoms with Gasteiger partial charge in [-0.25, -0.2) is 0 Å². The lowest BCUT2D eigenvalue weighted by Crippen LogP contribution is -2.23. The highest BCUT2D eigenvalue weighted by atomic mass is 32.1. The van der Waals surface area contributed by atoms with Crippen LogP contribution >= 0.6 is 11.5 Å². The summed E-state index contributed by atoms with van der Waals surface area (Å²) in [6.45, 7) is 4.28. The lowest BCUT2D eigenvalue weighted by molar-refractivity contribution is -0.116. The number of rotatable bonds is 4. The monoisotopic (exact) mass is 326 g/mol. The SMILES string of the molecule is CC(C)c1ccc(NC(=O)Cn2sc3ccccc3c2=O)cc1. The summed E-state index contributed by atoms with van der Waals surface area (Å²) in [7, 11) is 0. The van der Waals surface area contributed by atoms with E-state index in [2.05, 4.69) is 19.2 Å². The van der Waals surface area contributed by atoms with Crippen molar-refractivity contribution in [2.45, 2.75) is 26.3 Å². The molecule has 23 heavy (non-hydrogen) atoms. The molecule has 3 rings (SSSR count). The largest absolute Gasteiger partial charge is 0.325 e. The van der Waals surface area contributed by atoms with Crippen LogP contribution in [0.1, 0.15) is 25.3 Å². The fourth-order valence-electron chi connectivity index (χ4n) is 2.40. The lowest BCUT2D eigenvalue weighted by Gasteiger charge is -2.08. The number of hydrogen-bond donors (Lipinski definition) is 1. The first kappa shape index (κ1) is 15.5. The molecule has 0 spiro atoms. The van der Waals surface area contributed by atoms with Crippen LogP contribution in [-0.4, -0.2) is 9.86 Å². The lowest BCUT2D eigenvalue weighted by atomic mass is 10.0. The van der Waals surface area contributed by atoms with Gasteiger partial charge >= 0.3 is 0 Å². The molecule has 1 amide bonds. The number of hydrogen-bond acceptors (Lipinski definition) is 3. The van der Waals surface area contributed by atoms with Crippen LogP contribution in [-0.2, 0) is 11.3 Å². The molecule has 0 radical (unpaired) electrons. The Morgan fingerprint density at radius 2 is 1.83 bits per heavy atom. The van der Waals surface area contributed by atoms with Gasteiger partial charge in [0.25, 0.3) is 5.56 Å². The molecule has 0 atom stereocenters. The third-order valence-electron chi connectivity index (χ3n) is 3.70. The number of amides is 1. The third kappa shape index (κ3) is 3.35. The van der Waals surface area contributed by atoms with E-state index in [1.807, 2.05) is 42.5 Å². The molecule has 0 bridgehead atoms. The molecule has 4 nitrogen and oxygen atoms in total. The number of aromatic nitrogens is 1. The van der Waals surface area contributed by atoms with E-state index < -0.39 is 0 Å². The van der Waals surface area contributed by atoms with Gasteiger partial charge < -0.3 is 5.32 Å². The van der Waals surface area contributed by atoms with Crippen molar-refractivity contribution in [3.8, 4) is 0 Å². The third-order valence-corrected chi connectivity index (χ3v) is 4.77. The first-order chi connectivity index (χ1) is 11.0. The highest BCUT2D eigenvalue weighted by Crippen LogP contribution is 2.18. The molecule has 118 valence electrons. The van der Waals surface area contributed by atoms with Gasteiger partial charge in [0.05, 0.1) is 10.1 Å². The van der Waals surface area contributed by atoms with Gasteiger partial charge in [-0.2, -0.15) is 0 Å². The average molecular weight is 326 g/mol. The minimum atomic E-state index is -0.198. The van der Waals surface area contributed by atoms with Gasteiger partial charge in [0.2, 0.25) is 5.91 Å². The van der Waals surface area contributed by atoms with Crippen LogP contribution < -0.4 is 10.9 Å². The Balaban J connectivity index is 1.73. The van der Waals surface area contributed by atoms with Crippen molar-refractivity contribution in [2.24, 2.45) is 0 Å². The number of anilines is 1. The highest BCUT2D eigenvalue weighted by molar-refractivity contribution is 7.13. The number of nitrogens with one attached hydrogen (secondary N) is 1. The van der Waals surface area contributed by atoms with Crippen LogP contribution in [0.5, 0.6) is 0 Å². The topological polar surface area (TPSA) is 51.1 Å². The van der Waals surface area contributed by atoms with Crippen LogP contribution in [0.3, 0.4) is 0 Å². The smallest absolute Gasteiger partial charge is 0.268 e. The highest BCUT2D eigenvalue weighted by Gasteiger charge is 2.11. The summed E-state index contributed by atoms with van der Waals surface area (Å²) in [5.41, 5.74) is 1.85. The number of carbonyl (C=O) groups is 1. The van der Waals surface area contributed by atoms with Crippen molar-refractivity contribution in [1.29, 1.82) is 0 Å².